The van der Waals surface area contributed by atoms with Gasteiger partial charge < -0.3 is 9.52 Å². The summed E-state index contributed by atoms with van der Waals surface area (Å²) < 4.78 is 32.6. The summed E-state index contributed by atoms with van der Waals surface area (Å²) in [6.45, 7) is 2.10. The Balaban J connectivity index is 1.45. The second-order valence-electron chi connectivity index (χ2n) is 7.26. The number of aryl methyl sites for hydroxylation is 1. The molecule has 1 aliphatic heterocycles. The summed E-state index contributed by atoms with van der Waals surface area (Å²) in [5.74, 6) is 0.806. The van der Waals surface area contributed by atoms with Gasteiger partial charge >= 0.3 is 5.97 Å². The zero-order chi connectivity index (χ0) is 22.0. The third-order valence-corrected chi connectivity index (χ3v) is 8.15. The molecule has 0 radical (unpaired) electrons. The van der Waals surface area contributed by atoms with Crippen LogP contribution in [0.3, 0.4) is 0 Å². The molecule has 1 fully saturated rings. The lowest BCUT2D eigenvalue weighted by Crippen LogP contribution is -2.40. The van der Waals surface area contributed by atoms with Crippen LogP contribution < -0.4 is 0 Å². The molecule has 1 saturated heterocycles. The van der Waals surface area contributed by atoms with Gasteiger partial charge in [0.15, 0.2) is 0 Å². The molecule has 0 amide bonds. The first-order valence-electron chi connectivity index (χ1n) is 9.85. The summed E-state index contributed by atoms with van der Waals surface area (Å²) in [6, 6.07) is 15.2. The molecule has 0 saturated carbocycles. The molecule has 3 aromatic rings. The zero-order valence-corrected chi connectivity index (χ0v) is 18.5. The highest BCUT2D eigenvalue weighted by molar-refractivity contribution is 7.98. The fourth-order valence-corrected chi connectivity index (χ4v) is 6.09. The summed E-state index contributed by atoms with van der Waals surface area (Å²) in [5.41, 5.74) is 1.75. The van der Waals surface area contributed by atoms with Crippen LogP contribution in [0.4, 0.5) is 0 Å². The van der Waals surface area contributed by atoms with E-state index >= 15 is 0 Å². The molecular weight excluding hydrogens is 436 g/mol. The van der Waals surface area contributed by atoms with Crippen LogP contribution in [0, 0.1) is 6.92 Å². The largest absolute Gasteiger partial charge is 0.480 e. The normalized spacial score (nSPS) is 17.1. The first-order valence-corrected chi connectivity index (χ1v) is 12.3. The predicted molar refractivity (Wildman–Crippen MR) is 117 cm³/mol. The van der Waals surface area contributed by atoms with Crippen molar-refractivity contribution in [3.05, 3.63) is 66.1 Å². The van der Waals surface area contributed by atoms with E-state index in [1.807, 2.05) is 37.3 Å². The maximum atomic E-state index is 12.9. The maximum absolute atomic E-state index is 12.9. The van der Waals surface area contributed by atoms with Crippen molar-refractivity contribution in [1.29, 1.82) is 0 Å². The molecule has 0 spiro atoms. The lowest BCUT2D eigenvalue weighted by Gasteiger charge is -2.21. The van der Waals surface area contributed by atoms with Crippen molar-refractivity contribution in [2.24, 2.45) is 0 Å². The molecular formula is C22H22N2O5S2. The van der Waals surface area contributed by atoms with Crippen LogP contribution in [-0.2, 0) is 20.6 Å². The average Bonchev–Trinajstić information content (AvgIpc) is 3.41. The molecule has 7 nitrogen and oxygen atoms in total. The fourth-order valence-electron chi connectivity index (χ4n) is 3.54. The lowest BCUT2D eigenvalue weighted by molar-refractivity contribution is -0.140. The minimum atomic E-state index is -3.83. The minimum absolute atomic E-state index is 0.106. The quantitative estimate of drug-likeness (QED) is 0.530. The van der Waals surface area contributed by atoms with E-state index in [4.69, 9.17) is 4.42 Å². The summed E-state index contributed by atoms with van der Waals surface area (Å²) >= 11 is 1.53. The Kier molecular flexibility index (Phi) is 6.17. The standard InChI is InChI=1S/C22H22N2O5S2/c1-15-19(23-21(29-15)16-6-3-2-4-7-16)14-30-17-9-11-18(12-10-17)31(27,28)24-13-5-8-20(24)22(25)26/h2-4,6-7,9-12,20H,5,8,13-14H2,1H3,(H,25,26). The summed E-state index contributed by atoms with van der Waals surface area (Å²) in [6.07, 6.45) is 0.886. The molecule has 9 heteroatoms. The van der Waals surface area contributed by atoms with Crippen molar-refractivity contribution in [2.75, 3.05) is 6.54 Å². The summed E-state index contributed by atoms with van der Waals surface area (Å²) in [4.78, 5) is 16.9. The van der Waals surface area contributed by atoms with Crippen molar-refractivity contribution in [3.8, 4) is 11.5 Å². The van der Waals surface area contributed by atoms with E-state index in [0.29, 0.717) is 24.5 Å². The molecule has 2 heterocycles. The number of oxazole rings is 1. The molecule has 2 aromatic carbocycles. The van der Waals surface area contributed by atoms with Crippen LogP contribution in [0.1, 0.15) is 24.3 Å². The van der Waals surface area contributed by atoms with Crippen LogP contribution in [0.15, 0.2) is 68.8 Å². The number of aliphatic carboxylic acids is 1. The third kappa shape index (κ3) is 4.53. The number of hydrogen-bond acceptors (Lipinski definition) is 6. The van der Waals surface area contributed by atoms with Crippen molar-refractivity contribution in [1.82, 2.24) is 9.29 Å². The Morgan fingerprint density at radius 3 is 2.58 bits per heavy atom. The van der Waals surface area contributed by atoms with Crippen LogP contribution in [0.2, 0.25) is 0 Å². The fraction of sp³-hybridized carbons (Fsp3) is 0.273. The van der Waals surface area contributed by atoms with E-state index in [9.17, 15) is 18.3 Å². The van der Waals surface area contributed by atoms with Crippen molar-refractivity contribution < 1.29 is 22.7 Å². The van der Waals surface area contributed by atoms with Crippen LogP contribution in [-0.4, -0.2) is 41.4 Å². The van der Waals surface area contributed by atoms with Crippen molar-refractivity contribution in [3.63, 3.8) is 0 Å². The van der Waals surface area contributed by atoms with E-state index < -0.39 is 22.0 Å². The highest BCUT2D eigenvalue weighted by atomic mass is 32.2. The van der Waals surface area contributed by atoms with Gasteiger partial charge in [0.2, 0.25) is 15.9 Å². The number of carboxylic acid groups (broad SMARTS) is 1. The molecule has 1 N–H and O–H groups in total. The Hall–Kier alpha value is -2.62. The molecule has 1 unspecified atom stereocenters. The van der Waals surface area contributed by atoms with Gasteiger partial charge in [-0.25, -0.2) is 13.4 Å². The van der Waals surface area contributed by atoms with E-state index in [1.54, 1.807) is 12.1 Å². The number of benzene rings is 2. The smallest absolute Gasteiger partial charge is 0.322 e. The van der Waals surface area contributed by atoms with Crippen molar-refractivity contribution >= 4 is 27.8 Å². The molecule has 0 aliphatic carbocycles. The van der Waals surface area contributed by atoms with Crippen LogP contribution >= 0.6 is 11.8 Å². The number of nitrogens with zero attached hydrogens (tertiary/aromatic N) is 2. The minimum Gasteiger partial charge on any atom is -0.480 e. The summed E-state index contributed by atoms with van der Waals surface area (Å²) in [5, 5.41) is 9.29. The van der Waals surface area contributed by atoms with Gasteiger partial charge in [0, 0.05) is 22.8 Å². The second-order valence-corrected chi connectivity index (χ2v) is 10.2. The van der Waals surface area contributed by atoms with Crippen LogP contribution in [0.25, 0.3) is 11.5 Å². The molecule has 4 rings (SSSR count). The van der Waals surface area contributed by atoms with E-state index in [-0.39, 0.29) is 11.4 Å². The van der Waals surface area contributed by atoms with Gasteiger partial charge in [-0.2, -0.15) is 4.31 Å². The number of sulfonamides is 1. The predicted octanol–water partition coefficient (Wildman–Crippen LogP) is 4.18. The van der Waals surface area contributed by atoms with Gasteiger partial charge in [-0.05, 0) is 56.2 Å². The van der Waals surface area contributed by atoms with E-state index in [0.717, 1.165) is 26.2 Å². The van der Waals surface area contributed by atoms with Gasteiger partial charge in [-0.1, -0.05) is 18.2 Å². The molecule has 31 heavy (non-hydrogen) atoms. The number of rotatable bonds is 7. The first kappa shape index (κ1) is 21.6. The number of aromatic nitrogens is 1. The second kappa shape index (κ2) is 8.86. The van der Waals surface area contributed by atoms with Crippen molar-refractivity contribution in [2.45, 2.75) is 41.4 Å². The van der Waals surface area contributed by atoms with Gasteiger partial charge in [-0.3, -0.25) is 4.79 Å². The maximum Gasteiger partial charge on any atom is 0.322 e. The Bertz CT molecular complexity index is 1170. The highest BCUT2D eigenvalue weighted by Gasteiger charge is 2.39. The number of hydrogen-bond donors (Lipinski definition) is 1. The number of carbonyl (C=O) groups is 1. The van der Waals surface area contributed by atoms with Crippen LogP contribution in [0.5, 0.6) is 0 Å². The van der Waals surface area contributed by atoms with E-state index in [1.165, 1.54) is 23.9 Å². The topological polar surface area (TPSA) is 101 Å². The Morgan fingerprint density at radius 1 is 1.19 bits per heavy atom. The number of carboxylic acids is 1. The molecule has 162 valence electrons. The zero-order valence-electron chi connectivity index (χ0n) is 16.9. The molecule has 1 aromatic heterocycles. The van der Waals surface area contributed by atoms with Gasteiger partial charge in [-0.15, -0.1) is 11.8 Å². The molecule has 0 bridgehead atoms. The van der Waals surface area contributed by atoms with Gasteiger partial charge in [0.25, 0.3) is 0 Å². The first-order chi connectivity index (χ1) is 14.9. The lowest BCUT2D eigenvalue weighted by atomic mass is 10.2. The van der Waals surface area contributed by atoms with E-state index in [2.05, 4.69) is 4.98 Å². The average molecular weight is 459 g/mol. The monoisotopic (exact) mass is 458 g/mol. The summed E-state index contributed by atoms with van der Waals surface area (Å²) in [7, 11) is -3.83. The Labute approximate surface area is 185 Å². The molecule has 1 atom stereocenters. The Morgan fingerprint density at radius 2 is 1.90 bits per heavy atom. The van der Waals surface area contributed by atoms with Gasteiger partial charge in [0.1, 0.15) is 11.8 Å². The third-order valence-electron chi connectivity index (χ3n) is 5.21. The molecule has 1 aliphatic rings. The SMILES string of the molecule is Cc1oc(-c2ccccc2)nc1CSc1ccc(S(=O)(=O)N2CCCC2C(=O)O)cc1. The van der Waals surface area contributed by atoms with Gasteiger partial charge in [0.05, 0.1) is 10.6 Å². The highest BCUT2D eigenvalue weighted by Crippen LogP contribution is 2.30. The number of thioether (sulfide) groups is 1.